The minimum Gasteiger partial charge on any atom is -0.333 e. The zero-order valence-electron chi connectivity index (χ0n) is 12.6. The fourth-order valence-corrected chi connectivity index (χ4v) is 3.51. The van der Waals surface area contributed by atoms with Crippen LogP contribution in [-0.4, -0.2) is 32.1 Å². The number of aromatic nitrogens is 3. The fourth-order valence-electron chi connectivity index (χ4n) is 2.82. The van der Waals surface area contributed by atoms with Gasteiger partial charge in [0.15, 0.2) is 5.82 Å². The topological polar surface area (TPSA) is 51.0 Å². The zero-order valence-corrected chi connectivity index (χ0v) is 13.4. The highest BCUT2D eigenvalue weighted by atomic mass is 32.1. The van der Waals surface area contributed by atoms with Crippen molar-refractivity contribution in [1.82, 2.24) is 19.7 Å². The monoisotopic (exact) mass is 304 g/mol. The van der Waals surface area contributed by atoms with Crippen LogP contribution in [0.3, 0.4) is 0 Å². The van der Waals surface area contributed by atoms with Crippen molar-refractivity contribution in [2.45, 2.75) is 45.7 Å². The van der Waals surface area contributed by atoms with E-state index in [0.717, 1.165) is 23.1 Å². The van der Waals surface area contributed by atoms with Gasteiger partial charge in [0.25, 0.3) is 0 Å². The molecule has 6 heteroatoms. The van der Waals surface area contributed by atoms with Gasteiger partial charge in [-0.2, -0.15) is 0 Å². The van der Waals surface area contributed by atoms with Crippen LogP contribution in [0.15, 0.2) is 17.5 Å². The molecule has 5 nitrogen and oxygen atoms in total. The van der Waals surface area contributed by atoms with Gasteiger partial charge in [0, 0.05) is 17.3 Å². The Morgan fingerprint density at radius 1 is 1.48 bits per heavy atom. The van der Waals surface area contributed by atoms with Gasteiger partial charge in [-0.3, -0.25) is 4.79 Å². The van der Waals surface area contributed by atoms with E-state index in [4.69, 9.17) is 0 Å². The molecule has 0 radical (unpaired) electrons. The number of carbonyl (C=O) groups is 1. The molecule has 1 aliphatic heterocycles. The summed E-state index contributed by atoms with van der Waals surface area (Å²) < 4.78 is 2.19. The predicted octanol–water partition coefficient (Wildman–Crippen LogP) is 2.61. The second kappa shape index (κ2) is 5.60. The van der Waals surface area contributed by atoms with Gasteiger partial charge in [-0.15, -0.1) is 21.5 Å². The van der Waals surface area contributed by atoms with Crippen LogP contribution in [0.1, 0.15) is 49.3 Å². The molecular formula is C15H20N4OS. The number of fused-ring (bicyclic) bond motifs is 1. The average molecular weight is 304 g/mol. The maximum atomic E-state index is 12.4. The summed E-state index contributed by atoms with van der Waals surface area (Å²) in [5.74, 6) is 2.44. The van der Waals surface area contributed by atoms with E-state index >= 15 is 0 Å². The Balaban J connectivity index is 1.77. The minimum absolute atomic E-state index is 0.171. The highest BCUT2D eigenvalue weighted by Crippen LogP contribution is 2.25. The third-order valence-electron chi connectivity index (χ3n) is 3.83. The third kappa shape index (κ3) is 2.72. The lowest BCUT2D eigenvalue weighted by Gasteiger charge is -2.33. The van der Waals surface area contributed by atoms with E-state index in [1.807, 2.05) is 22.4 Å². The zero-order chi connectivity index (χ0) is 15.0. The van der Waals surface area contributed by atoms with Crippen LogP contribution in [-0.2, 0) is 17.8 Å². The van der Waals surface area contributed by atoms with Crippen molar-refractivity contribution in [3.8, 4) is 0 Å². The molecule has 21 heavy (non-hydrogen) atoms. The molecule has 0 fully saturated rings. The number of hydrogen-bond acceptors (Lipinski definition) is 4. The standard InChI is InChI=1S/C15H20N4OS/c1-10(2)15-17-16-13-9-18(8-11(3)19(13)15)14(20)7-12-5-4-6-21-12/h4-6,10-11H,7-9H2,1-3H3/t11-/m0/s1. The number of rotatable bonds is 3. The van der Waals surface area contributed by atoms with Crippen LogP contribution < -0.4 is 0 Å². The number of carbonyl (C=O) groups excluding carboxylic acids is 1. The number of amides is 1. The van der Waals surface area contributed by atoms with Crippen LogP contribution in [0.25, 0.3) is 0 Å². The van der Waals surface area contributed by atoms with Crippen LogP contribution in [0, 0.1) is 0 Å². The van der Waals surface area contributed by atoms with Gasteiger partial charge >= 0.3 is 0 Å². The number of nitrogens with zero attached hydrogens (tertiary/aromatic N) is 4. The first-order valence-electron chi connectivity index (χ1n) is 7.30. The molecule has 0 saturated carbocycles. The van der Waals surface area contributed by atoms with E-state index in [9.17, 15) is 4.79 Å². The fraction of sp³-hybridized carbons (Fsp3) is 0.533. The summed E-state index contributed by atoms with van der Waals surface area (Å²) >= 11 is 1.63. The summed E-state index contributed by atoms with van der Waals surface area (Å²) in [6.07, 6.45) is 0.482. The van der Waals surface area contributed by atoms with Gasteiger partial charge in [0.2, 0.25) is 5.91 Å². The van der Waals surface area contributed by atoms with E-state index in [0.29, 0.717) is 18.9 Å². The van der Waals surface area contributed by atoms with Crippen LogP contribution in [0.4, 0.5) is 0 Å². The summed E-state index contributed by atoms with van der Waals surface area (Å²) in [7, 11) is 0. The first kappa shape index (κ1) is 14.3. The SMILES string of the molecule is CC(C)c1nnc2n1[C@@H](C)CN(C(=O)Cc1cccs1)C2. The molecule has 2 aromatic rings. The van der Waals surface area contributed by atoms with Gasteiger partial charge in [0.05, 0.1) is 19.0 Å². The van der Waals surface area contributed by atoms with Gasteiger partial charge in [-0.1, -0.05) is 19.9 Å². The lowest BCUT2D eigenvalue weighted by atomic mass is 10.1. The van der Waals surface area contributed by atoms with E-state index in [1.165, 1.54) is 0 Å². The summed E-state index contributed by atoms with van der Waals surface area (Å²) in [6, 6.07) is 4.22. The number of hydrogen-bond donors (Lipinski definition) is 0. The van der Waals surface area contributed by atoms with Gasteiger partial charge in [-0.25, -0.2) is 0 Å². The Hall–Kier alpha value is -1.69. The smallest absolute Gasteiger partial charge is 0.228 e. The molecule has 0 aromatic carbocycles. The van der Waals surface area contributed by atoms with Gasteiger partial charge in [0.1, 0.15) is 5.82 Å². The second-order valence-corrected chi connectivity index (χ2v) is 6.91. The molecule has 2 aromatic heterocycles. The molecule has 1 aliphatic rings. The maximum Gasteiger partial charge on any atom is 0.228 e. The Morgan fingerprint density at radius 2 is 2.29 bits per heavy atom. The molecule has 0 bridgehead atoms. The Kier molecular flexibility index (Phi) is 3.80. The predicted molar refractivity (Wildman–Crippen MR) is 82.3 cm³/mol. The maximum absolute atomic E-state index is 12.4. The van der Waals surface area contributed by atoms with Crippen molar-refractivity contribution >= 4 is 17.2 Å². The van der Waals surface area contributed by atoms with Crippen molar-refractivity contribution < 1.29 is 4.79 Å². The lowest BCUT2D eigenvalue weighted by Crippen LogP contribution is -2.41. The molecule has 0 N–H and O–H groups in total. The molecule has 112 valence electrons. The van der Waals surface area contributed by atoms with Crippen molar-refractivity contribution in [1.29, 1.82) is 0 Å². The highest BCUT2D eigenvalue weighted by molar-refractivity contribution is 7.10. The largest absolute Gasteiger partial charge is 0.333 e. The van der Waals surface area contributed by atoms with Crippen molar-refractivity contribution in [2.24, 2.45) is 0 Å². The van der Waals surface area contributed by atoms with Crippen molar-refractivity contribution in [2.75, 3.05) is 6.54 Å². The number of thiophene rings is 1. The quantitative estimate of drug-likeness (QED) is 0.876. The van der Waals surface area contributed by atoms with Crippen LogP contribution >= 0.6 is 11.3 Å². The molecule has 3 heterocycles. The first-order chi connectivity index (χ1) is 10.1. The normalized spacial score (nSPS) is 18.1. The van der Waals surface area contributed by atoms with Gasteiger partial charge < -0.3 is 9.47 Å². The summed E-state index contributed by atoms with van der Waals surface area (Å²) in [6.45, 7) is 7.67. The third-order valence-corrected chi connectivity index (χ3v) is 4.70. The molecule has 3 rings (SSSR count). The lowest BCUT2D eigenvalue weighted by molar-refractivity contribution is -0.132. The molecule has 1 atom stereocenters. The van der Waals surface area contributed by atoms with E-state index in [-0.39, 0.29) is 11.9 Å². The molecule has 0 aliphatic carbocycles. The molecular weight excluding hydrogens is 284 g/mol. The van der Waals surface area contributed by atoms with Crippen molar-refractivity contribution in [3.63, 3.8) is 0 Å². The van der Waals surface area contributed by atoms with Gasteiger partial charge in [-0.05, 0) is 18.4 Å². The highest BCUT2D eigenvalue weighted by Gasteiger charge is 2.29. The second-order valence-electron chi connectivity index (χ2n) is 5.88. The van der Waals surface area contributed by atoms with Crippen LogP contribution in [0.5, 0.6) is 0 Å². The average Bonchev–Trinajstić information content (AvgIpc) is 3.07. The summed E-state index contributed by atoms with van der Waals surface area (Å²) in [4.78, 5) is 15.5. The molecule has 0 spiro atoms. The van der Waals surface area contributed by atoms with E-state index in [2.05, 4.69) is 35.5 Å². The van der Waals surface area contributed by atoms with E-state index in [1.54, 1.807) is 11.3 Å². The molecule has 0 saturated heterocycles. The Bertz CT molecular complexity index is 632. The van der Waals surface area contributed by atoms with E-state index < -0.39 is 0 Å². The van der Waals surface area contributed by atoms with Crippen molar-refractivity contribution in [3.05, 3.63) is 34.0 Å². The summed E-state index contributed by atoms with van der Waals surface area (Å²) in [5, 5.41) is 10.6. The first-order valence-corrected chi connectivity index (χ1v) is 8.18. The Morgan fingerprint density at radius 3 is 2.95 bits per heavy atom. The van der Waals surface area contributed by atoms with Crippen LogP contribution in [0.2, 0.25) is 0 Å². The molecule has 0 unspecified atom stereocenters. The Labute approximate surface area is 128 Å². The minimum atomic E-state index is 0.171. The molecule has 1 amide bonds. The summed E-state index contributed by atoms with van der Waals surface area (Å²) in [5.41, 5.74) is 0.